The maximum atomic E-state index is 11.7. The van der Waals surface area contributed by atoms with Gasteiger partial charge < -0.3 is 10.2 Å². The molecule has 0 bridgehead atoms. The van der Waals surface area contributed by atoms with Gasteiger partial charge in [-0.15, -0.1) is 0 Å². The molecule has 0 aliphatic carbocycles. The molecule has 0 aromatic heterocycles. The van der Waals surface area contributed by atoms with Gasteiger partial charge in [-0.1, -0.05) is 25.5 Å². The molecule has 1 aliphatic heterocycles. The second kappa shape index (κ2) is 6.71. The highest BCUT2D eigenvalue weighted by atomic mass is 16.2. The Morgan fingerprint density at radius 3 is 2.63 bits per heavy atom. The molecular weight excluding hydrogens is 236 g/mol. The van der Waals surface area contributed by atoms with Crippen LogP contribution in [0.15, 0.2) is 24.3 Å². The Kier molecular flexibility index (Phi) is 4.97. The standard InChI is InChI=1S/C16H24N2O/c1-3-5-13(2)17-12-14-7-9-15(10-8-14)18-11-4-6-16(18)19/h7-10,13,17H,3-6,11-12H2,1-2H3. The number of hydrogen-bond donors (Lipinski definition) is 1. The van der Waals surface area contributed by atoms with Crippen molar-refractivity contribution in [2.24, 2.45) is 0 Å². The van der Waals surface area contributed by atoms with E-state index in [1.165, 1.54) is 18.4 Å². The minimum atomic E-state index is 0.252. The van der Waals surface area contributed by atoms with Crippen LogP contribution in [0.3, 0.4) is 0 Å². The highest BCUT2D eigenvalue weighted by Crippen LogP contribution is 2.21. The van der Waals surface area contributed by atoms with E-state index in [1.54, 1.807) is 0 Å². The Morgan fingerprint density at radius 2 is 2.05 bits per heavy atom. The van der Waals surface area contributed by atoms with Gasteiger partial charge in [0.25, 0.3) is 0 Å². The molecule has 3 nitrogen and oxygen atoms in total. The van der Waals surface area contributed by atoms with Crippen LogP contribution in [0.4, 0.5) is 5.69 Å². The van der Waals surface area contributed by atoms with Crippen molar-refractivity contribution in [2.45, 2.75) is 52.1 Å². The molecule has 19 heavy (non-hydrogen) atoms. The molecule has 0 saturated carbocycles. The second-order valence-electron chi connectivity index (χ2n) is 5.39. The Balaban J connectivity index is 1.89. The summed E-state index contributed by atoms with van der Waals surface area (Å²) in [5.41, 5.74) is 2.31. The summed E-state index contributed by atoms with van der Waals surface area (Å²) in [6.45, 7) is 6.19. The van der Waals surface area contributed by atoms with Crippen LogP contribution in [-0.4, -0.2) is 18.5 Å². The molecule has 0 spiro atoms. The van der Waals surface area contributed by atoms with Gasteiger partial charge in [0.05, 0.1) is 0 Å². The van der Waals surface area contributed by atoms with Crippen LogP contribution >= 0.6 is 0 Å². The smallest absolute Gasteiger partial charge is 0.227 e. The summed E-state index contributed by atoms with van der Waals surface area (Å²) in [7, 11) is 0. The molecular formula is C16H24N2O. The molecule has 1 amide bonds. The topological polar surface area (TPSA) is 32.3 Å². The van der Waals surface area contributed by atoms with Gasteiger partial charge in [0.1, 0.15) is 0 Å². The maximum Gasteiger partial charge on any atom is 0.227 e. The molecule has 1 saturated heterocycles. The van der Waals surface area contributed by atoms with Crippen molar-refractivity contribution in [3.8, 4) is 0 Å². The summed E-state index contributed by atoms with van der Waals surface area (Å²) in [5, 5.41) is 3.52. The Labute approximate surface area is 116 Å². The van der Waals surface area contributed by atoms with E-state index < -0.39 is 0 Å². The van der Waals surface area contributed by atoms with E-state index in [0.29, 0.717) is 12.5 Å². The summed E-state index contributed by atoms with van der Waals surface area (Å²) >= 11 is 0. The Bertz CT molecular complexity index is 413. The molecule has 1 aliphatic rings. The molecule has 1 aromatic rings. The van der Waals surface area contributed by atoms with Crippen molar-refractivity contribution >= 4 is 11.6 Å². The highest BCUT2D eigenvalue weighted by Gasteiger charge is 2.21. The molecule has 3 heteroatoms. The number of benzene rings is 1. The molecule has 1 unspecified atom stereocenters. The summed E-state index contributed by atoms with van der Waals surface area (Å²) in [4.78, 5) is 13.5. The van der Waals surface area contributed by atoms with E-state index in [1.807, 2.05) is 4.90 Å². The van der Waals surface area contributed by atoms with Crippen molar-refractivity contribution in [1.29, 1.82) is 0 Å². The summed E-state index contributed by atoms with van der Waals surface area (Å²) < 4.78 is 0. The fraction of sp³-hybridized carbons (Fsp3) is 0.562. The zero-order valence-electron chi connectivity index (χ0n) is 12.0. The number of carbonyl (C=O) groups excluding carboxylic acids is 1. The van der Waals surface area contributed by atoms with E-state index in [9.17, 15) is 4.79 Å². The second-order valence-corrected chi connectivity index (χ2v) is 5.39. The highest BCUT2D eigenvalue weighted by molar-refractivity contribution is 5.95. The van der Waals surface area contributed by atoms with Gasteiger partial charge in [0.2, 0.25) is 5.91 Å². The van der Waals surface area contributed by atoms with Gasteiger partial charge in [-0.05, 0) is 37.5 Å². The first kappa shape index (κ1) is 14.1. The minimum absolute atomic E-state index is 0.252. The molecule has 1 aromatic carbocycles. The van der Waals surface area contributed by atoms with Crippen LogP contribution in [0.2, 0.25) is 0 Å². The number of nitrogens with zero attached hydrogens (tertiary/aromatic N) is 1. The fourth-order valence-corrected chi connectivity index (χ4v) is 2.54. The number of rotatable bonds is 6. The van der Waals surface area contributed by atoms with Crippen LogP contribution in [0.25, 0.3) is 0 Å². The van der Waals surface area contributed by atoms with Crippen LogP contribution in [0, 0.1) is 0 Å². The monoisotopic (exact) mass is 260 g/mol. The first-order valence-electron chi connectivity index (χ1n) is 7.33. The molecule has 0 radical (unpaired) electrons. The maximum absolute atomic E-state index is 11.7. The summed E-state index contributed by atoms with van der Waals surface area (Å²) in [6.07, 6.45) is 4.10. The zero-order valence-corrected chi connectivity index (χ0v) is 12.0. The summed E-state index contributed by atoms with van der Waals surface area (Å²) in [5.74, 6) is 0.252. The number of hydrogen-bond acceptors (Lipinski definition) is 2. The van der Waals surface area contributed by atoms with Crippen molar-refractivity contribution in [3.05, 3.63) is 29.8 Å². The Morgan fingerprint density at radius 1 is 1.32 bits per heavy atom. The predicted octanol–water partition coefficient (Wildman–Crippen LogP) is 3.09. The van der Waals surface area contributed by atoms with Crippen LogP contribution < -0.4 is 10.2 Å². The number of amides is 1. The zero-order chi connectivity index (χ0) is 13.7. The van der Waals surface area contributed by atoms with Gasteiger partial charge in [0, 0.05) is 31.2 Å². The molecule has 1 fully saturated rings. The lowest BCUT2D eigenvalue weighted by Gasteiger charge is -2.17. The average Bonchev–Trinajstić information content (AvgIpc) is 2.84. The first-order chi connectivity index (χ1) is 9.20. The SMILES string of the molecule is CCCC(C)NCc1ccc(N2CCCC2=O)cc1. The van der Waals surface area contributed by atoms with Crippen molar-refractivity contribution in [3.63, 3.8) is 0 Å². The van der Waals surface area contributed by atoms with E-state index in [2.05, 4.69) is 43.4 Å². The number of nitrogens with one attached hydrogen (secondary N) is 1. The predicted molar refractivity (Wildman–Crippen MR) is 79.2 cm³/mol. The molecule has 1 atom stereocenters. The van der Waals surface area contributed by atoms with E-state index in [4.69, 9.17) is 0 Å². The average molecular weight is 260 g/mol. The van der Waals surface area contributed by atoms with Crippen LogP contribution in [-0.2, 0) is 11.3 Å². The normalized spacial score (nSPS) is 16.9. The third kappa shape index (κ3) is 3.80. The van der Waals surface area contributed by atoms with Crippen molar-refractivity contribution < 1.29 is 4.79 Å². The third-order valence-corrected chi connectivity index (χ3v) is 3.70. The van der Waals surface area contributed by atoms with E-state index in [0.717, 1.165) is 25.2 Å². The van der Waals surface area contributed by atoms with E-state index in [-0.39, 0.29) is 5.91 Å². The lowest BCUT2D eigenvalue weighted by atomic mass is 10.1. The van der Waals surface area contributed by atoms with Crippen LogP contribution in [0.5, 0.6) is 0 Å². The quantitative estimate of drug-likeness (QED) is 0.852. The minimum Gasteiger partial charge on any atom is -0.312 e. The number of anilines is 1. The largest absolute Gasteiger partial charge is 0.312 e. The third-order valence-electron chi connectivity index (χ3n) is 3.70. The molecule has 1 N–H and O–H groups in total. The fourth-order valence-electron chi connectivity index (χ4n) is 2.54. The Hall–Kier alpha value is -1.35. The van der Waals surface area contributed by atoms with Gasteiger partial charge in [-0.25, -0.2) is 0 Å². The van der Waals surface area contributed by atoms with Crippen molar-refractivity contribution in [1.82, 2.24) is 5.32 Å². The lowest BCUT2D eigenvalue weighted by molar-refractivity contribution is -0.117. The lowest BCUT2D eigenvalue weighted by Crippen LogP contribution is -2.25. The van der Waals surface area contributed by atoms with Crippen molar-refractivity contribution in [2.75, 3.05) is 11.4 Å². The summed E-state index contributed by atoms with van der Waals surface area (Å²) in [6, 6.07) is 8.92. The van der Waals surface area contributed by atoms with Gasteiger partial charge in [-0.2, -0.15) is 0 Å². The number of carbonyl (C=O) groups is 1. The van der Waals surface area contributed by atoms with E-state index >= 15 is 0 Å². The van der Waals surface area contributed by atoms with Crippen LogP contribution in [0.1, 0.15) is 45.1 Å². The molecule has 104 valence electrons. The molecule has 1 heterocycles. The van der Waals surface area contributed by atoms with Gasteiger partial charge in [-0.3, -0.25) is 4.79 Å². The van der Waals surface area contributed by atoms with Gasteiger partial charge in [0.15, 0.2) is 0 Å². The molecule has 2 rings (SSSR count). The first-order valence-corrected chi connectivity index (χ1v) is 7.33. The van der Waals surface area contributed by atoms with Gasteiger partial charge >= 0.3 is 0 Å².